The van der Waals surface area contributed by atoms with Crippen LogP contribution in [0.1, 0.15) is 37.6 Å². The molecule has 1 aliphatic heterocycles. The molecular weight excluding hydrogens is 289 g/mol. The molecule has 1 atom stereocenters. The molecule has 1 aromatic rings. The van der Waals surface area contributed by atoms with Crippen LogP contribution in [0.4, 0.5) is 4.39 Å². The van der Waals surface area contributed by atoms with E-state index in [1.807, 2.05) is 20.8 Å². The van der Waals surface area contributed by atoms with E-state index < -0.39 is 18.2 Å². The van der Waals surface area contributed by atoms with Gasteiger partial charge in [0.25, 0.3) is 5.91 Å². The molecular formula is C16H20FNO4. The lowest BCUT2D eigenvalue weighted by molar-refractivity contribution is -0.149. The van der Waals surface area contributed by atoms with Gasteiger partial charge in [0, 0.05) is 18.5 Å². The van der Waals surface area contributed by atoms with Crippen molar-refractivity contribution in [3.63, 3.8) is 0 Å². The van der Waals surface area contributed by atoms with E-state index in [9.17, 15) is 14.0 Å². The summed E-state index contributed by atoms with van der Waals surface area (Å²) in [7, 11) is 0. The quantitative estimate of drug-likeness (QED) is 0.931. The Bertz CT molecular complexity index is 579. The molecule has 0 radical (unpaired) electrons. The normalized spacial score (nSPS) is 21.7. The monoisotopic (exact) mass is 309 g/mol. The van der Waals surface area contributed by atoms with Crippen molar-refractivity contribution in [2.24, 2.45) is 0 Å². The Hall–Kier alpha value is -2.11. The lowest BCUT2D eigenvalue weighted by Crippen LogP contribution is -2.38. The SMILES string of the molecule is CC(C)(C)Oc1ccc(C(=O)N2CCC(F)(C(=O)O)C2)cc1. The summed E-state index contributed by atoms with van der Waals surface area (Å²) in [5, 5.41) is 8.86. The van der Waals surface area contributed by atoms with Gasteiger partial charge in [0.15, 0.2) is 0 Å². The molecule has 120 valence electrons. The van der Waals surface area contributed by atoms with Gasteiger partial charge in [-0.3, -0.25) is 4.79 Å². The summed E-state index contributed by atoms with van der Waals surface area (Å²) < 4.78 is 19.7. The first-order valence-corrected chi connectivity index (χ1v) is 7.11. The second kappa shape index (κ2) is 5.59. The zero-order valence-electron chi connectivity index (χ0n) is 12.9. The molecule has 2 rings (SSSR count). The lowest BCUT2D eigenvalue weighted by Gasteiger charge is -2.22. The number of nitrogens with zero attached hydrogens (tertiary/aromatic N) is 1. The molecule has 0 bridgehead atoms. The summed E-state index contributed by atoms with van der Waals surface area (Å²) >= 11 is 0. The molecule has 5 nitrogen and oxygen atoms in total. The minimum Gasteiger partial charge on any atom is -0.488 e. The van der Waals surface area contributed by atoms with E-state index in [-0.39, 0.29) is 24.5 Å². The number of carboxylic acid groups (broad SMARTS) is 1. The fraction of sp³-hybridized carbons (Fsp3) is 0.500. The Balaban J connectivity index is 2.06. The number of alkyl halides is 1. The molecule has 0 spiro atoms. The van der Waals surface area contributed by atoms with Crippen LogP contribution in [0.3, 0.4) is 0 Å². The molecule has 6 heteroatoms. The first-order valence-electron chi connectivity index (χ1n) is 7.11. The summed E-state index contributed by atoms with van der Waals surface area (Å²) in [5.41, 5.74) is -2.29. The van der Waals surface area contributed by atoms with Crippen molar-refractivity contribution < 1.29 is 23.8 Å². The maximum Gasteiger partial charge on any atom is 0.343 e. The number of carbonyl (C=O) groups is 2. The average Bonchev–Trinajstić information content (AvgIpc) is 2.81. The van der Waals surface area contributed by atoms with Crippen LogP contribution in [0.5, 0.6) is 5.75 Å². The van der Waals surface area contributed by atoms with Crippen molar-refractivity contribution in [1.29, 1.82) is 0 Å². The highest BCUT2D eigenvalue weighted by Gasteiger charge is 2.46. The number of hydrogen-bond acceptors (Lipinski definition) is 3. The second-order valence-corrected chi connectivity index (χ2v) is 6.49. The molecule has 1 unspecified atom stereocenters. The number of benzene rings is 1. The first-order chi connectivity index (χ1) is 10.1. The zero-order chi connectivity index (χ0) is 16.5. The third-order valence-electron chi connectivity index (χ3n) is 3.42. The van der Waals surface area contributed by atoms with Crippen LogP contribution in [0, 0.1) is 0 Å². The maximum absolute atomic E-state index is 14.0. The Morgan fingerprint density at radius 3 is 2.32 bits per heavy atom. The summed E-state index contributed by atoms with van der Waals surface area (Å²) in [6, 6.07) is 6.55. The predicted octanol–water partition coefficient (Wildman–Crippen LogP) is 2.50. The molecule has 0 aliphatic carbocycles. The van der Waals surface area contributed by atoms with Gasteiger partial charge in [-0.15, -0.1) is 0 Å². The van der Waals surface area contributed by atoms with Crippen LogP contribution < -0.4 is 4.74 Å². The summed E-state index contributed by atoms with van der Waals surface area (Å²) in [4.78, 5) is 24.4. The van der Waals surface area contributed by atoms with Gasteiger partial charge >= 0.3 is 5.97 Å². The van der Waals surface area contributed by atoms with E-state index in [0.717, 1.165) is 0 Å². The summed E-state index contributed by atoms with van der Waals surface area (Å²) in [6.45, 7) is 5.44. The zero-order valence-corrected chi connectivity index (χ0v) is 12.9. The molecule has 0 aromatic heterocycles. The molecule has 0 saturated carbocycles. The highest BCUT2D eigenvalue weighted by Crippen LogP contribution is 2.27. The molecule has 1 N–H and O–H groups in total. The van der Waals surface area contributed by atoms with Gasteiger partial charge in [0.05, 0.1) is 6.54 Å². The number of aliphatic carboxylic acids is 1. The second-order valence-electron chi connectivity index (χ2n) is 6.49. The van der Waals surface area contributed by atoms with Crippen molar-refractivity contribution in [2.45, 2.75) is 38.5 Å². The van der Waals surface area contributed by atoms with Crippen LogP contribution >= 0.6 is 0 Å². The molecule has 1 fully saturated rings. The van der Waals surface area contributed by atoms with Crippen molar-refractivity contribution in [1.82, 2.24) is 4.90 Å². The summed E-state index contributed by atoms with van der Waals surface area (Å²) in [5.74, 6) is -1.25. The number of likely N-dealkylation sites (tertiary alicyclic amines) is 1. The summed E-state index contributed by atoms with van der Waals surface area (Å²) in [6.07, 6.45) is -0.181. The third-order valence-corrected chi connectivity index (χ3v) is 3.42. The van der Waals surface area contributed by atoms with Gasteiger partial charge in [0.1, 0.15) is 11.4 Å². The number of carbonyl (C=O) groups excluding carboxylic acids is 1. The van der Waals surface area contributed by atoms with Crippen molar-refractivity contribution in [3.05, 3.63) is 29.8 Å². The molecule has 1 aliphatic rings. The maximum atomic E-state index is 14.0. The van der Waals surface area contributed by atoms with Gasteiger partial charge < -0.3 is 14.7 Å². The van der Waals surface area contributed by atoms with Gasteiger partial charge in [-0.1, -0.05) is 0 Å². The minimum absolute atomic E-state index is 0.0991. The number of ether oxygens (including phenoxy) is 1. The fourth-order valence-electron chi connectivity index (χ4n) is 2.32. The Morgan fingerprint density at radius 2 is 1.86 bits per heavy atom. The minimum atomic E-state index is -2.34. The van der Waals surface area contributed by atoms with E-state index >= 15 is 0 Å². The van der Waals surface area contributed by atoms with Crippen LogP contribution in [-0.2, 0) is 4.79 Å². The topological polar surface area (TPSA) is 66.8 Å². The fourth-order valence-corrected chi connectivity index (χ4v) is 2.32. The van der Waals surface area contributed by atoms with Crippen molar-refractivity contribution in [3.8, 4) is 5.75 Å². The first kappa shape index (κ1) is 16.3. The van der Waals surface area contributed by atoms with Gasteiger partial charge in [-0.25, -0.2) is 9.18 Å². The Morgan fingerprint density at radius 1 is 1.27 bits per heavy atom. The van der Waals surface area contributed by atoms with Crippen LogP contribution in [0.2, 0.25) is 0 Å². The molecule has 1 amide bonds. The van der Waals surface area contributed by atoms with Crippen LogP contribution in [0.25, 0.3) is 0 Å². The highest BCUT2D eigenvalue weighted by molar-refractivity contribution is 5.95. The number of amides is 1. The Kier molecular flexibility index (Phi) is 4.13. The van der Waals surface area contributed by atoms with Crippen molar-refractivity contribution >= 4 is 11.9 Å². The highest BCUT2D eigenvalue weighted by atomic mass is 19.1. The van der Waals surface area contributed by atoms with Gasteiger partial charge in [-0.05, 0) is 45.0 Å². The van der Waals surface area contributed by atoms with Crippen molar-refractivity contribution in [2.75, 3.05) is 13.1 Å². The Labute approximate surface area is 128 Å². The van der Waals surface area contributed by atoms with E-state index in [1.165, 1.54) is 4.90 Å². The standard InChI is InChI=1S/C16H20FNO4/c1-15(2,3)22-12-6-4-11(5-7-12)13(19)18-9-8-16(17,10-18)14(20)21/h4-7H,8-10H2,1-3H3,(H,20,21). The molecule has 1 aromatic carbocycles. The van der Waals surface area contributed by atoms with E-state index in [1.54, 1.807) is 24.3 Å². The predicted molar refractivity (Wildman–Crippen MR) is 78.8 cm³/mol. The van der Waals surface area contributed by atoms with E-state index in [4.69, 9.17) is 9.84 Å². The largest absolute Gasteiger partial charge is 0.488 e. The van der Waals surface area contributed by atoms with Crippen LogP contribution in [-0.4, -0.2) is 46.2 Å². The number of halogens is 1. The smallest absolute Gasteiger partial charge is 0.343 e. The molecule has 1 heterocycles. The molecule has 22 heavy (non-hydrogen) atoms. The van der Waals surface area contributed by atoms with Crippen LogP contribution in [0.15, 0.2) is 24.3 Å². The van der Waals surface area contributed by atoms with Gasteiger partial charge in [-0.2, -0.15) is 0 Å². The number of hydrogen-bond donors (Lipinski definition) is 1. The average molecular weight is 309 g/mol. The lowest BCUT2D eigenvalue weighted by atomic mass is 10.1. The van der Waals surface area contributed by atoms with E-state index in [2.05, 4.69) is 0 Å². The van der Waals surface area contributed by atoms with E-state index in [0.29, 0.717) is 11.3 Å². The van der Waals surface area contributed by atoms with Gasteiger partial charge in [0.2, 0.25) is 5.67 Å². The number of rotatable bonds is 3. The number of carboxylic acids is 1. The molecule has 1 saturated heterocycles. The third kappa shape index (κ3) is 3.55.